The maximum atomic E-state index is 13.4. The van der Waals surface area contributed by atoms with Crippen molar-refractivity contribution >= 4 is 23.2 Å². The van der Waals surface area contributed by atoms with E-state index in [2.05, 4.69) is 28.5 Å². The van der Waals surface area contributed by atoms with E-state index in [1.807, 2.05) is 9.80 Å². The molecule has 3 heterocycles. The minimum atomic E-state index is 0.153. The first-order chi connectivity index (χ1) is 15.6. The number of rotatable bonds is 3. The van der Waals surface area contributed by atoms with Crippen LogP contribution in [0.5, 0.6) is 5.75 Å². The fourth-order valence-corrected chi connectivity index (χ4v) is 6.17. The van der Waals surface area contributed by atoms with Gasteiger partial charge in [-0.3, -0.25) is 14.5 Å². The van der Waals surface area contributed by atoms with Crippen LogP contribution < -0.4 is 4.74 Å². The van der Waals surface area contributed by atoms with E-state index in [1.165, 1.54) is 29.5 Å². The molecule has 2 aliphatic heterocycles. The van der Waals surface area contributed by atoms with E-state index in [0.29, 0.717) is 19.7 Å². The number of carbonyl (C=O) groups excluding carboxylic acids is 2. The second-order valence-corrected chi connectivity index (χ2v) is 9.95. The van der Waals surface area contributed by atoms with E-state index >= 15 is 0 Å². The largest absolute Gasteiger partial charge is 0.491 e. The van der Waals surface area contributed by atoms with Gasteiger partial charge in [0.15, 0.2) is 0 Å². The maximum Gasteiger partial charge on any atom is 0.264 e. The van der Waals surface area contributed by atoms with E-state index in [9.17, 15) is 9.59 Å². The molecule has 0 radical (unpaired) electrons. The van der Waals surface area contributed by atoms with Gasteiger partial charge in [-0.15, -0.1) is 11.3 Å². The fourth-order valence-electron chi connectivity index (χ4n) is 5.04. The first-order valence-electron chi connectivity index (χ1n) is 11.7. The average molecular weight is 454 g/mol. The first kappa shape index (κ1) is 21.5. The lowest BCUT2D eigenvalue weighted by Crippen LogP contribution is -2.47. The van der Waals surface area contributed by atoms with Crippen LogP contribution >= 0.6 is 11.3 Å². The summed E-state index contributed by atoms with van der Waals surface area (Å²) >= 11 is 1.62. The third kappa shape index (κ3) is 4.41. The van der Waals surface area contributed by atoms with Gasteiger partial charge in [0, 0.05) is 51.8 Å². The highest BCUT2D eigenvalue weighted by atomic mass is 32.1. The van der Waals surface area contributed by atoms with Gasteiger partial charge in [0.1, 0.15) is 12.4 Å². The summed E-state index contributed by atoms with van der Waals surface area (Å²) in [5.74, 6) is 1.20. The minimum absolute atomic E-state index is 0.153. The Hall–Kier alpha value is -2.38. The molecule has 6 nitrogen and oxygen atoms in total. The Balaban J connectivity index is 1.29. The highest BCUT2D eigenvalue weighted by molar-refractivity contribution is 7.12. The molecule has 1 fully saturated rings. The lowest BCUT2D eigenvalue weighted by molar-refractivity contribution is -0.130. The molecule has 0 N–H and O–H groups in total. The number of hydrogen-bond donors (Lipinski definition) is 0. The summed E-state index contributed by atoms with van der Waals surface area (Å²) in [6.45, 7) is 7.58. The third-order valence-electron chi connectivity index (χ3n) is 6.91. The molecule has 3 aliphatic rings. The molecule has 1 aromatic heterocycles. The van der Waals surface area contributed by atoms with Crippen LogP contribution in [0.25, 0.3) is 0 Å². The second kappa shape index (κ2) is 9.24. The molecule has 1 aliphatic carbocycles. The number of carbonyl (C=O) groups is 2. The number of nitrogens with zero attached hydrogens (tertiary/aromatic N) is 3. The molecule has 0 bridgehead atoms. The third-order valence-corrected chi connectivity index (χ3v) is 7.97. The van der Waals surface area contributed by atoms with Gasteiger partial charge in [-0.1, -0.05) is 6.07 Å². The average Bonchev–Trinajstić information content (AvgIpc) is 3.12. The quantitative estimate of drug-likeness (QED) is 0.716. The standard InChI is InChI=1S/C25H31N3O3S/c1-18(29)27-10-8-26(9-11-27)15-19-6-7-23-21(14-19)16-28(12-13-31-23)25(30)24-22-5-3-2-4-20(22)17-32-24/h6-7,14,17H,2-5,8-13,15-16H2,1H3. The molecule has 0 unspecified atom stereocenters. The number of amides is 2. The maximum absolute atomic E-state index is 13.4. The Morgan fingerprint density at radius 2 is 1.81 bits per heavy atom. The summed E-state index contributed by atoms with van der Waals surface area (Å²) in [4.78, 5) is 32.2. The predicted octanol–water partition coefficient (Wildman–Crippen LogP) is 3.33. The molecule has 2 aromatic rings. The summed E-state index contributed by atoms with van der Waals surface area (Å²) in [6.07, 6.45) is 4.55. The highest BCUT2D eigenvalue weighted by Gasteiger charge is 2.27. The molecule has 0 saturated carbocycles. The number of hydrogen-bond acceptors (Lipinski definition) is 5. The number of ether oxygens (including phenoxy) is 1. The SMILES string of the molecule is CC(=O)N1CCN(Cc2ccc3c(c2)CN(C(=O)c2scc4c2CCCC4)CCO3)CC1. The van der Waals surface area contributed by atoms with Crippen LogP contribution in [0.4, 0.5) is 0 Å². The molecule has 170 valence electrons. The van der Waals surface area contributed by atoms with Crippen molar-refractivity contribution in [1.29, 1.82) is 0 Å². The Labute approximate surface area is 193 Å². The summed E-state index contributed by atoms with van der Waals surface area (Å²) in [7, 11) is 0. The van der Waals surface area contributed by atoms with Crippen molar-refractivity contribution in [2.45, 2.75) is 45.7 Å². The zero-order valence-electron chi connectivity index (χ0n) is 18.8. The number of benzene rings is 1. The van der Waals surface area contributed by atoms with Crippen molar-refractivity contribution in [2.24, 2.45) is 0 Å². The van der Waals surface area contributed by atoms with E-state index in [4.69, 9.17) is 4.74 Å². The molecule has 1 aromatic carbocycles. The second-order valence-electron chi connectivity index (χ2n) is 9.08. The van der Waals surface area contributed by atoms with Gasteiger partial charge in [0.2, 0.25) is 5.91 Å². The molecule has 0 spiro atoms. The van der Waals surface area contributed by atoms with Gasteiger partial charge in [-0.05, 0) is 59.9 Å². The fraction of sp³-hybridized carbons (Fsp3) is 0.520. The molecule has 32 heavy (non-hydrogen) atoms. The number of thiophene rings is 1. The molecule has 1 saturated heterocycles. The van der Waals surface area contributed by atoms with Crippen molar-refractivity contribution < 1.29 is 14.3 Å². The van der Waals surface area contributed by atoms with Crippen molar-refractivity contribution in [3.63, 3.8) is 0 Å². The molecular weight excluding hydrogens is 422 g/mol. The molecule has 0 atom stereocenters. The van der Waals surface area contributed by atoms with Crippen molar-refractivity contribution in [3.8, 4) is 5.75 Å². The number of fused-ring (bicyclic) bond motifs is 2. The van der Waals surface area contributed by atoms with Gasteiger partial charge in [-0.25, -0.2) is 0 Å². The van der Waals surface area contributed by atoms with Crippen LogP contribution in [0.3, 0.4) is 0 Å². The Bertz CT molecular complexity index is 1010. The van der Waals surface area contributed by atoms with E-state index in [-0.39, 0.29) is 11.8 Å². The van der Waals surface area contributed by atoms with Crippen LogP contribution in [0.2, 0.25) is 0 Å². The number of piperazine rings is 1. The first-order valence-corrected chi connectivity index (χ1v) is 12.6. The van der Waals surface area contributed by atoms with Crippen molar-refractivity contribution in [1.82, 2.24) is 14.7 Å². The van der Waals surface area contributed by atoms with Crippen molar-refractivity contribution in [3.05, 3.63) is 50.7 Å². The Morgan fingerprint density at radius 3 is 2.62 bits per heavy atom. The van der Waals surface area contributed by atoms with Gasteiger partial charge in [0.25, 0.3) is 5.91 Å². The summed E-state index contributed by atoms with van der Waals surface area (Å²) < 4.78 is 6.00. The minimum Gasteiger partial charge on any atom is -0.491 e. The summed E-state index contributed by atoms with van der Waals surface area (Å²) in [5.41, 5.74) is 4.98. The van der Waals surface area contributed by atoms with E-state index < -0.39 is 0 Å². The van der Waals surface area contributed by atoms with E-state index in [0.717, 1.165) is 61.8 Å². The van der Waals surface area contributed by atoms with Crippen LogP contribution in [-0.4, -0.2) is 65.8 Å². The van der Waals surface area contributed by atoms with Crippen LogP contribution in [0, 0.1) is 0 Å². The van der Waals surface area contributed by atoms with E-state index in [1.54, 1.807) is 18.3 Å². The van der Waals surface area contributed by atoms with Crippen LogP contribution in [-0.2, 0) is 30.7 Å². The van der Waals surface area contributed by atoms with Crippen molar-refractivity contribution in [2.75, 3.05) is 39.3 Å². The lowest BCUT2D eigenvalue weighted by atomic mass is 9.93. The lowest BCUT2D eigenvalue weighted by Gasteiger charge is -2.34. The molecular formula is C25H31N3O3S. The molecule has 5 rings (SSSR count). The van der Waals surface area contributed by atoms with Gasteiger partial charge in [-0.2, -0.15) is 0 Å². The van der Waals surface area contributed by atoms with Gasteiger partial charge in [0.05, 0.1) is 11.4 Å². The topological polar surface area (TPSA) is 53.1 Å². The Morgan fingerprint density at radius 1 is 1.00 bits per heavy atom. The monoisotopic (exact) mass is 453 g/mol. The molecule has 7 heteroatoms. The van der Waals surface area contributed by atoms with Gasteiger partial charge < -0.3 is 14.5 Å². The summed E-state index contributed by atoms with van der Waals surface area (Å²) in [5, 5.41) is 2.19. The van der Waals surface area contributed by atoms with Gasteiger partial charge >= 0.3 is 0 Å². The predicted molar refractivity (Wildman–Crippen MR) is 125 cm³/mol. The zero-order chi connectivity index (χ0) is 22.1. The summed E-state index contributed by atoms with van der Waals surface area (Å²) in [6, 6.07) is 6.38. The normalized spacial score (nSPS) is 19.0. The molecule has 2 amide bonds. The smallest absolute Gasteiger partial charge is 0.264 e. The van der Waals surface area contributed by atoms with Crippen LogP contribution in [0.1, 0.15) is 51.7 Å². The Kier molecular flexibility index (Phi) is 6.20. The number of aryl methyl sites for hydroxylation is 1. The van der Waals surface area contributed by atoms with Crippen LogP contribution in [0.15, 0.2) is 23.6 Å². The zero-order valence-corrected chi connectivity index (χ0v) is 19.6. The highest BCUT2D eigenvalue weighted by Crippen LogP contribution is 2.32.